The highest BCUT2D eigenvalue weighted by molar-refractivity contribution is 6.02. The fourth-order valence-electron chi connectivity index (χ4n) is 4.84. The van der Waals surface area contributed by atoms with E-state index in [1.165, 1.54) is 0 Å². The molecule has 184 valence electrons. The molecule has 1 atom stereocenters. The van der Waals surface area contributed by atoms with E-state index in [-0.39, 0.29) is 17.2 Å². The van der Waals surface area contributed by atoms with Gasteiger partial charge in [0.1, 0.15) is 0 Å². The molecular weight excluding hydrogens is 422 g/mol. The zero-order valence-electron chi connectivity index (χ0n) is 21.5. The normalized spacial score (nSPS) is 15.6. The number of nitrogens with one attached hydrogen (secondary N) is 2. The van der Waals surface area contributed by atoms with E-state index in [1.807, 2.05) is 48.5 Å². The second-order valence-electron chi connectivity index (χ2n) is 11.2. The van der Waals surface area contributed by atoms with Crippen molar-refractivity contribution in [2.75, 3.05) is 23.3 Å². The van der Waals surface area contributed by atoms with E-state index in [0.717, 1.165) is 43.6 Å². The van der Waals surface area contributed by atoms with Crippen LogP contribution in [0, 0.1) is 17.3 Å². The van der Waals surface area contributed by atoms with E-state index in [0.29, 0.717) is 36.1 Å². The first kappa shape index (κ1) is 25.8. The number of anilines is 2. The van der Waals surface area contributed by atoms with E-state index in [2.05, 4.69) is 50.2 Å². The van der Waals surface area contributed by atoms with E-state index in [1.54, 1.807) is 0 Å². The summed E-state index contributed by atoms with van der Waals surface area (Å²) in [5, 5.41) is 6.09. The summed E-state index contributed by atoms with van der Waals surface area (Å²) in [7, 11) is 0. The Bertz CT molecular complexity index is 957. The van der Waals surface area contributed by atoms with Crippen LogP contribution in [0.25, 0.3) is 0 Å². The van der Waals surface area contributed by atoms with E-state index in [4.69, 9.17) is 0 Å². The predicted octanol–water partition coefficient (Wildman–Crippen LogP) is 6.25. The minimum Gasteiger partial charge on any atom is -0.371 e. The minimum atomic E-state index is -0.116. The van der Waals surface area contributed by atoms with Crippen molar-refractivity contribution in [2.24, 2.45) is 17.3 Å². The van der Waals surface area contributed by atoms with Crippen LogP contribution in [0.5, 0.6) is 0 Å². The summed E-state index contributed by atoms with van der Waals surface area (Å²) in [6, 6.07) is 15.7. The monoisotopic (exact) mass is 463 g/mol. The molecule has 3 rings (SSSR count). The average Bonchev–Trinajstić information content (AvgIpc) is 2.77. The summed E-state index contributed by atoms with van der Waals surface area (Å²) in [6.07, 6.45) is 3.70. The molecular formula is C29H41N3O2. The van der Waals surface area contributed by atoms with Crippen LogP contribution in [0.4, 0.5) is 11.4 Å². The van der Waals surface area contributed by atoms with Crippen molar-refractivity contribution < 1.29 is 9.59 Å². The van der Waals surface area contributed by atoms with Gasteiger partial charge in [0, 0.05) is 37.4 Å². The fraction of sp³-hybridized carbons (Fsp3) is 0.517. The van der Waals surface area contributed by atoms with Crippen molar-refractivity contribution in [1.29, 1.82) is 0 Å². The van der Waals surface area contributed by atoms with Crippen LogP contribution in [0.2, 0.25) is 0 Å². The first-order chi connectivity index (χ1) is 16.1. The molecule has 0 aliphatic carbocycles. The molecule has 2 aromatic rings. The Morgan fingerprint density at radius 1 is 1.06 bits per heavy atom. The summed E-state index contributed by atoms with van der Waals surface area (Å²) < 4.78 is 0. The van der Waals surface area contributed by atoms with Crippen molar-refractivity contribution >= 4 is 23.2 Å². The number of nitrogens with zero attached hydrogens (tertiary/aromatic N) is 1. The third kappa shape index (κ3) is 7.89. The highest BCUT2D eigenvalue weighted by atomic mass is 16.2. The third-order valence-corrected chi connectivity index (χ3v) is 6.44. The minimum absolute atomic E-state index is 0.00746. The summed E-state index contributed by atoms with van der Waals surface area (Å²) in [6.45, 7) is 13.3. The summed E-state index contributed by atoms with van der Waals surface area (Å²) in [5.41, 5.74) is 3.48. The molecule has 0 spiro atoms. The number of carbonyl (C=O) groups is 2. The Labute approximate surface area is 205 Å². The number of hydrogen-bond donors (Lipinski definition) is 2. The second kappa shape index (κ2) is 11.5. The van der Waals surface area contributed by atoms with Crippen LogP contribution in [0.1, 0.15) is 76.2 Å². The highest BCUT2D eigenvalue weighted by Gasteiger charge is 2.22. The molecule has 5 nitrogen and oxygen atoms in total. The van der Waals surface area contributed by atoms with Crippen molar-refractivity contribution in [3.8, 4) is 0 Å². The lowest BCUT2D eigenvalue weighted by Gasteiger charge is -2.33. The molecule has 0 bridgehead atoms. The fourth-order valence-corrected chi connectivity index (χ4v) is 4.84. The quantitative estimate of drug-likeness (QED) is 0.486. The van der Waals surface area contributed by atoms with Crippen molar-refractivity contribution in [2.45, 2.75) is 66.8 Å². The molecule has 2 aromatic carbocycles. The maximum absolute atomic E-state index is 13.3. The molecule has 0 radical (unpaired) electrons. The van der Waals surface area contributed by atoms with Crippen LogP contribution in [0.15, 0.2) is 48.5 Å². The smallest absolute Gasteiger partial charge is 0.253 e. The van der Waals surface area contributed by atoms with E-state index < -0.39 is 0 Å². The van der Waals surface area contributed by atoms with Gasteiger partial charge in [-0.15, -0.1) is 0 Å². The largest absolute Gasteiger partial charge is 0.371 e. The zero-order chi connectivity index (χ0) is 24.7. The van der Waals surface area contributed by atoms with Gasteiger partial charge in [0.05, 0.1) is 5.56 Å². The van der Waals surface area contributed by atoms with Crippen molar-refractivity contribution in [3.05, 3.63) is 59.7 Å². The summed E-state index contributed by atoms with van der Waals surface area (Å²) >= 11 is 0. The topological polar surface area (TPSA) is 61.4 Å². The molecule has 1 unspecified atom stereocenters. The van der Waals surface area contributed by atoms with Crippen LogP contribution in [0.3, 0.4) is 0 Å². The molecule has 0 aromatic heterocycles. The lowest BCUT2D eigenvalue weighted by Crippen LogP contribution is -2.35. The number of carbonyl (C=O) groups excluding carboxylic acids is 2. The maximum Gasteiger partial charge on any atom is 0.253 e. The maximum atomic E-state index is 13.3. The van der Waals surface area contributed by atoms with Crippen molar-refractivity contribution in [3.63, 3.8) is 0 Å². The van der Waals surface area contributed by atoms with Gasteiger partial charge in [-0.25, -0.2) is 0 Å². The third-order valence-electron chi connectivity index (χ3n) is 6.44. The van der Waals surface area contributed by atoms with Crippen LogP contribution < -0.4 is 15.5 Å². The lowest BCUT2D eigenvalue weighted by molar-refractivity contribution is -0.117. The van der Waals surface area contributed by atoms with Gasteiger partial charge in [-0.3, -0.25) is 9.59 Å². The molecule has 1 aliphatic heterocycles. The molecule has 1 heterocycles. The summed E-state index contributed by atoms with van der Waals surface area (Å²) in [5.74, 6) is 0.880. The number of amides is 2. The van der Waals surface area contributed by atoms with Gasteiger partial charge in [0.15, 0.2) is 0 Å². The number of benzene rings is 2. The molecule has 2 N–H and O–H groups in total. The van der Waals surface area contributed by atoms with Gasteiger partial charge in [-0.1, -0.05) is 65.0 Å². The first-order valence-electron chi connectivity index (χ1n) is 12.6. The first-order valence-corrected chi connectivity index (χ1v) is 12.6. The molecule has 34 heavy (non-hydrogen) atoms. The predicted molar refractivity (Wildman–Crippen MR) is 141 cm³/mol. The molecule has 5 heteroatoms. The second-order valence-corrected chi connectivity index (χ2v) is 11.2. The molecule has 0 saturated carbocycles. The van der Waals surface area contributed by atoms with Gasteiger partial charge < -0.3 is 15.5 Å². The van der Waals surface area contributed by atoms with Gasteiger partial charge in [0.2, 0.25) is 5.91 Å². The van der Waals surface area contributed by atoms with Crippen LogP contribution >= 0.6 is 0 Å². The highest BCUT2D eigenvalue weighted by Crippen LogP contribution is 2.30. The molecule has 2 amide bonds. The number of rotatable bonds is 8. The Morgan fingerprint density at radius 2 is 1.74 bits per heavy atom. The Hall–Kier alpha value is -2.82. The molecule has 1 saturated heterocycles. The standard InChI is InChI=1S/C29H41N3O2/c1-21-13-15-32(16-14-21)26-12-11-24(31-27(33)17-22(2)19-29(3,4)5)18-25(26)28(34)30-20-23-9-7-6-8-10-23/h6-12,18,21-22H,13-17,19-20H2,1-5H3,(H,30,34)(H,31,33). The average molecular weight is 464 g/mol. The number of hydrogen-bond acceptors (Lipinski definition) is 3. The zero-order valence-corrected chi connectivity index (χ0v) is 21.5. The van der Waals surface area contributed by atoms with Gasteiger partial charge >= 0.3 is 0 Å². The molecule has 1 fully saturated rings. The Balaban J connectivity index is 1.75. The van der Waals surface area contributed by atoms with Gasteiger partial charge in [0.25, 0.3) is 5.91 Å². The van der Waals surface area contributed by atoms with E-state index in [9.17, 15) is 9.59 Å². The summed E-state index contributed by atoms with van der Waals surface area (Å²) in [4.78, 5) is 28.3. The molecule has 1 aliphatic rings. The van der Waals surface area contributed by atoms with E-state index >= 15 is 0 Å². The van der Waals surface area contributed by atoms with Crippen molar-refractivity contribution in [1.82, 2.24) is 5.32 Å². The Kier molecular flexibility index (Phi) is 8.76. The SMILES string of the molecule is CC1CCN(c2ccc(NC(=O)CC(C)CC(C)(C)C)cc2C(=O)NCc2ccccc2)CC1. The van der Waals surface area contributed by atoms with Gasteiger partial charge in [-0.2, -0.15) is 0 Å². The number of piperidine rings is 1. The van der Waals surface area contributed by atoms with Gasteiger partial charge in [-0.05, 0) is 60.3 Å². The Morgan fingerprint density at radius 3 is 2.38 bits per heavy atom. The van der Waals surface area contributed by atoms with Crippen LogP contribution in [-0.4, -0.2) is 24.9 Å². The van der Waals surface area contributed by atoms with Crippen LogP contribution in [-0.2, 0) is 11.3 Å². The lowest BCUT2D eigenvalue weighted by atomic mass is 9.84.